The fourth-order valence-corrected chi connectivity index (χ4v) is 2.01. The van der Waals surface area contributed by atoms with E-state index in [1.807, 2.05) is 24.6 Å². The fourth-order valence-electron chi connectivity index (χ4n) is 2.01. The number of aromatic carboxylic acids is 1. The van der Waals surface area contributed by atoms with Gasteiger partial charge in [0.2, 0.25) is 0 Å². The van der Waals surface area contributed by atoms with E-state index in [0.29, 0.717) is 25.2 Å². The zero-order chi connectivity index (χ0) is 13.8. The molecule has 7 heteroatoms. The van der Waals surface area contributed by atoms with Crippen LogP contribution in [0.15, 0.2) is 12.4 Å². The normalized spacial score (nSPS) is 10.8. The lowest BCUT2D eigenvalue weighted by atomic mass is 10.2. The van der Waals surface area contributed by atoms with E-state index in [2.05, 4.69) is 15.3 Å². The summed E-state index contributed by atoms with van der Waals surface area (Å²) < 4.78 is 3.67. The Bertz CT molecular complexity index is 572. The van der Waals surface area contributed by atoms with Crippen molar-refractivity contribution in [1.82, 2.24) is 24.5 Å². The van der Waals surface area contributed by atoms with Gasteiger partial charge in [-0.1, -0.05) is 18.6 Å². The quantitative estimate of drug-likeness (QED) is 0.844. The van der Waals surface area contributed by atoms with E-state index < -0.39 is 5.97 Å². The van der Waals surface area contributed by atoms with Gasteiger partial charge in [-0.15, -0.1) is 5.10 Å². The van der Waals surface area contributed by atoms with E-state index in [1.165, 1.54) is 0 Å². The van der Waals surface area contributed by atoms with Crippen LogP contribution in [-0.2, 0) is 19.5 Å². The zero-order valence-electron chi connectivity index (χ0n) is 11.1. The molecule has 0 spiro atoms. The van der Waals surface area contributed by atoms with Gasteiger partial charge < -0.3 is 9.67 Å². The van der Waals surface area contributed by atoms with Gasteiger partial charge in [-0.2, -0.15) is 0 Å². The fraction of sp³-hybridized carbons (Fsp3) is 0.500. The minimum absolute atomic E-state index is 0.0594. The van der Waals surface area contributed by atoms with Gasteiger partial charge in [0.25, 0.3) is 0 Å². The van der Waals surface area contributed by atoms with Gasteiger partial charge in [0, 0.05) is 18.9 Å². The highest BCUT2D eigenvalue weighted by Crippen LogP contribution is 2.09. The van der Waals surface area contributed by atoms with Crippen LogP contribution in [0.5, 0.6) is 0 Å². The molecule has 0 fully saturated rings. The number of carboxylic acid groups (broad SMARTS) is 1. The molecule has 0 bridgehead atoms. The molecule has 7 nitrogen and oxygen atoms in total. The number of carbonyl (C=O) groups is 1. The summed E-state index contributed by atoms with van der Waals surface area (Å²) in [6.45, 7) is 5.22. The lowest BCUT2D eigenvalue weighted by Gasteiger charge is -2.08. The molecule has 102 valence electrons. The van der Waals surface area contributed by atoms with Crippen LogP contribution in [0.4, 0.5) is 0 Å². The lowest BCUT2D eigenvalue weighted by molar-refractivity contribution is 0.0689. The van der Waals surface area contributed by atoms with Gasteiger partial charge in [-0.3, -0.25) is 0 Å². The van der Waals surface area contributed by atoms with Crippen molar-refractivity contribution < 1.29 is 9.90 Å². The van der Waals surface area contributed by atoms with Crippen LogP contribution in [0.25, 0.3) is 0 Å². The first-order chi connectivity index (χ1) is 9.13. The van der Waals surface area contributed by atoms with Crippen LogP contribution in [0, 0.1) is 6.92 Å². The summed E-state index contributed by atoms with van der Waals surface area (Å²) in [6.07, 6.45) is 5.16. The van der Waals surface area contributed by atoms with Crippen molar-refractivity contribution in [2.45, 2.75) is 39.8 Å². The van der Waals surface area contributed by atoms with Crippen LogP contribution in [0.1, 0.15) is 35.4 Å². The maximum absolute atomic E-state index is 11.1. The molecule has 0 saturated heterocycles. The summed E-state index contributed by atoms with van der Waals surface area (Å²) in [5.74, 6) is -0.0934. The summed E-state index contributed by atoms with van der Waals surface area (Å²) in [4.78, 5) is 15.2. The second kappa shape index (κ2) is 5.64. The second-order valence-corrected chi connectivity index (χ2v) is 4.33. The third-order valence-corrected chi connectivity index (χ3v) is 3.00. The second-order valence-electron chi connectivity index (χ2n) is 4.33. The SMILES string of the molecule is CCCc1c(C(=O)O)nnn1CCn1ccnc1C. The molecule has 1 N–H and O–H groups in total. The Hall–Kier alpha value is -2.18. The van der Waals surface area contributed by atoms with E-state index in [4.69, 9.17) is 5.11 Å². The van der Waals surface area contributed by atoms with E-state index in [1.54, 1.807) is 10.9 Å². The number of carboxylic acids is 1. The van der Waals surface area contributed by atoms with Crippen LogP contribution in [0.2, 0.25) is 0 Å². The van der Waals surface area contributed by atoms with Crippen LogP contribution in [-0.4, -0.2) is 35.6 Å². The molecule has 0 aliphatic heterocycles. The van der Waals surface area contributed by atoms with Crippen molar-refractivity contribution in [1.29, 1.82) is 0 Å². The minimum atomic E-state index is -1.02. The molecule has 0 amide bonds. The highest BCUT2D eigenvalue weighted by Gasteiger charge is 2.17. The lowest BCUT2D eigenvalue weighted by Crippen LogP contribution is -2.13. The maximum Gasteiger partial charge on any atom is 0.358 e. The number of aromatic nitrogens is 5. The number of hydrogen-bond donors (Lipinski definition) is 1. The van der Waals surface area contributed by atoms with Gasteiger partial charge >= 0.3 is 5.97 Å². The number of nitrogens with zero attached hydrogens (tertiary/aromatic N) is 5. The average Bonchev–Trinajstić information content (AvgIpc) is 2.94. The summed E-state index contributed by atoms with van der Waals surface area (Å²) in [6, 6.07) is 0. The molecule has 0 unspecified atom stereocenters. The highest BCUT2D eigenvalue weighted by molar-refractivity contribution is 5.86. The van der Waals surface area contributed by atoms with Gasteiger partial charge in [-0.25, -0.2) is 14.5 Å². The molecular weight excluding hydrogens is 246 g/mol. The molecule has 2 aromatic rings. The Kier molecular flexibility index (Phi) is 3.94. The van der Waals surface area contributed by atoms with Crippen molar-refractivity contribution in [3.8, 4) is 0 Å². The van der Waals surface area contributed by atoms with Crippen LogP contribution in [0.3, 0.4) is 0 Å². The van der Waals surface area contributed by atoms with Crippen molar-refractivity contribution in [2.24, 2.45) is 0 Å². The van der Waals surface area contributed by atoms with Crippen LogP contribution >= 0.6 is 0 Å². The van der Waals surface area contributed by atoms with Crippen molar-refractivity contribution in [3.05, 3.63) is 29.6 Å². The molecule has 2 heterocycles. The molecular formula is C12H17N5O2. The number of imidazole rings is 1. The van der Waals surface area contributed by atoms with E-state index in [9.17, 15) is 4.79 Å². The summed E-state index contributed by atoms with van der Waals surface area (Å²) >= 11 is 0. The molecule has 0 aliphatic carbocycles. The molecule has 2 rings (SSSR count). The van der Waals surface area contributed by atoms with Gasteiger partial charge in [0.05, 0.1) is 12.2 Å². The van der Waals surface area contributed by atoms with E-state index in [0.717, 1.165) is 12.2 Å². The topological polar surface area (TPSA) is 85.8 Å². The van der Waals surface area contributed by atoms with E-state index in [-0.39, 0.29) is 5.69 Å². The number of aryl methyl sites for hydroxylation is 3. The van der Waals surface area contributed by atoms with Gasteiger partial charge in [0.1, 0.15) is 5.82 Å². The monoisotopic (exact) mass is 263 g/mol. The van der Waals surface area contributed by atoms with Crippen molar-refractivity contribution in [3.63, 3.8) is 0 Å². The molecule has 19 heavy (non-hydrogen) atoms. The largest absolute Gasteiger partial charge is 0.476 e. The highest BCUT2D eigenvalue weighted by atomic mass is 16.4. The Morgan fingerprint density at radius 3 is 2.79 bits per heavy atom. The summed E-state index contributed by atoms with van der Waals surface area (Å²) in [5, 5.41) is 16.8. The Balaban J connectivity index is 2.16. The first-order valence-corrected chi connectivity index (χ1v) is 6.27. The summed E-state index contributed by atoms with van der Waals surface area (Å²) in [7, 11) is 0. The Labute approximate surface area is 110 Å². The third-order valence-electron chi connectivity index (χ3n) is 3.00. The van der Waals surface area contributed by atoms with Crippen LogP contribution < -0.4 is 0 Å². The van der Waals surface area contributed by atoms with Gasteiger partial charge in [0.15, 0.2) is 5.69 Å². The molecule has 0 saturated carbocycles. The average molecular weight is 263 g/mol. The minimum Gasteiger partial charge on any atom is -0.476 e. The van der Waals surface area contributed by atoms with Crippen molar-refractivity contribution >= 4 is 5.97 Å². The Morgan fingerprint density at radius 1 is 1.42 bits per heavy atom. The molecule has 0 radical (unpaired) electrons. The Morgan fingerprint density at radius 2 is 2.21 bits per heavy atom. The first-order valence-electron chi connectivity index (χ1n) is 6.27. The number of hydrogen-bond acceptors (Lipinski definition) is 4. The molecule has 0 aliphatic rings. The third kappa shape index (κ3) is 2.81. The zero-order valence-corrected chi connectivity index (χ0v) is 11.1. The molecule has 2 aromatic heterocycles. The standard InChI is InChI=1S/C12H17N5O2/c1-3-4-10-11(12(18)19)14-15-17(10)8-7-16-6-5-13-9(16)2/h5-6H,3-4,7-8H2,1-2H3,(H,18,19). The number of rotatable bonds is 6. The van der Waals surface area contributed by atoms with Crippen molar-refractivity contribution in [2.75, 3.05) is 0 Å². The molecule has 0 atom stereocenters. The van der Waals surface area contributed by atoms with Gasteiger partial charge in [-0.05, 0) is 13.3 Å². The van der Waals surface area contributed by atoms with E-state index >= 15 is 0 Å². The first kappa shape index (κ1) is 13.3. The predicted octanol–water partition coefficient (Wildman–Crippen LogP) is 1.13. The predicted molar refractivity (Wildman–Crippen MR) is 67.9 cm³/mol. The molecule has 0 aromatic carbocycles. The summed E-state index contributed by atoms with van der Waals surface area (Å²) in [5.41, 5.74) is 0.747. The maximum atomic E-state index is 11.1. The smallest absolute Gasteiger partial charge is 0.358 e.